The summed E-state index contributed by atoms with van der Waals surface area (Å²) in [5.74, 6) is -0.243. The van der Waals surface area contributed by atoms with Gasteiger partial charge in [-0.1, -0.05) is 6.07 Å². The van der Waals surface area contributed by atoms with Crippen LogP contribution in [0.2, 0.25) is 0 Å². The van der Waals surface area contributed by atoms with Crippen molar-refractivity contribution < 1.29 is 21.9 Å². The minimum atomic E-state index is -3.94. The quantitative estimate of drug-likeness (QED) is 0.883. The molecule has 1 N–H and O–H groups in total. The molecule has 0 atom stereocenters. The molecule has 2 rings (SSSR count). The van der Waals surface area contributed by atoms with Gasteiger partial charge in [0.25, 0.3) is 10.0 Å². The molecule has 22 heavy (non-hydrogen) atoms. The van der Waals surface area contributed by atoms with Gasteiger partial charge in [0.1, 0.15) is 10.6 Å². The third-order valence-electron chi connectivity index (χ3n) is 2.84. The van der Waals surface area contributed by atoms with Crippen LogP contribution >= 0.6 is 0 Å². The first-order valence-electron chi connectivity index (χ1n) is 6.42. The highest BCUT2D eigenvalue weighted by molar-refractivity contribution is 7.92. The maximum atomic E-state index is 12.4. The molecule has 1 heterocycles. The molecule has 0 bridgehead atoms. The lowest BCUT2D eigenvalue weighted by Crippen LogP contribution is -2.14. The Hall–Kier alpha value is -2.16. The molecular formula is C13H15F2N3O3S. The first-order valence-corrected chi connectivity index (χ1v) is 7.91. The van der Waals surface area contributed by atoms with Crippen LogP contribution in [0.25, 0.3) is 0 Å². The van der Waals surface area contributed by atoms with Gasteiger partial charge in [0, 0.05) is 12.7 Å². The lowest BCUT2D eigenvalue weighted by molar-refractivity contribution is -0.0493. The fourth-order valence-electron chi connectivity index (χ4n) is 1.78. The van der Waals surface area contributed by atoms with Crippen LogP contribution in [0.1, 0.15) is 12.5 Å². The van der Waals surface area contributed by atoms with Crippen LogP contribution in [-0.4, -0.2) is 24.8 Å². The van der Waals surface area contributed by atoms with E-state index in [9.17, 15) is 17.2 Å². The van der Waals surface area contributed by atoms with E-state index in [1.165, 1.54) is 29.2 Å². The van der Waals surface area contributed by atoms with E-state index in [4.69, 9.17) is 0 Å². The third-order valence-corrected chi connectivity index (χ3v) is 4.16. The highest BCUT2D eigenvalue weighted by Crippen LogP contribution is 2.29. The molecule has 2 aromatic rings. The van der Waals surface area contributed by atoms with E-state index in [1.54, 1.807) is 13.0 Å². The average Bonchev–Trinajstić information content (AvgIpc) is 2.91. The van der Waals surface area contributed by atoms with E-state index in [-0.39, 0.29) is 16.3 Å². The zero-order valence-corrected chi connectivity index (χ0v) is 12.8. The summed E-state index contributed by atoms with van der Waals surface area (Å²) in [6, 6.07) is 4.25. The maximum absolute atomic E-state index is 12.4. The SMILES string of the molecule is CCn1cc(S(=O)(=O)Nc2cc(C)ccc2OC(F)F)cn1. The van der Waals surface area contributed by atoms with Gasteiger partial charge in [-0.25, -0.2) is 8.42 Å². The van der Waals surface area contributed by atoms with Crippen molar-refractivity contribution in [2.75, 3.05) is 4.72 Å². The first kappa shape index (κ1) is 16.2. The minimum Gasteiger partial charge on any atom is -0.433 e. The van der Waals surface area contributed by atoms with Crippen molar-refractivity contribution in [3.8, 4) is 5.75 Å². The summed E-state index contributed by atoms with van der Waals surface area (Å²) in [7, 11) is -3.94. The Morgan fingerprint density at radius 1 is 1.41 bits per heavy atom. The molecule has 0 amide bonds. The first-order chi connectivity index (χ1) is 10.3. The standard InChI is InChI=1S/C13H15F2N3O3S/c1-3-18-8-10(7-16-18)22(19,20)17-11-6-9(2)4-5-12(11)21-13(14)15/h4-8,13,17H,3H2,1-2H3. The maximum Gasteiger partial charge on any atom is 0.387 e. The Labute approximate surface area is 126 Å². The number of aryl methyl sites for hydroxylation is 2. The fourth-order valence-corrected chi connectivity index (χ4v) is 2.80. The molecule has 0 aliphatic rings. The number of rotatable bonds is 6. The summed E-state index contributed by atoms with van der Waals surface area (Å²) in [5.41, 5.74) is 0.646. The monoisotopic (exact) mass is 331 g/mol. The number of anilines is 1. The summed E-state index contributed by atoms with van der Waals surface area (Å²) >= 11 is 0. The Morgan fingerprint density at radius 2 is 2.14 bits per heavy atom. The van der Waals surface area contributed by atoms with Gasteiger partial charge in [-0.15, -0.1) is 0 Å². The van der Waals surface area contributed by atoms with Gasteiger partial charge >= 0.3 is 6.61 Å². The summed E-state index contributed by atoms with van der Waals surface area (Å²) in [5, 5.41) is 3.88. The number of benzene rings is 1. The zero-order valence-electron chi connectivity index (χ0n) is 12.0. The van der Waals surface area contributed by atoms with Crippen LogP contribution in [0.5, 0.6) is 5.75 Å². The number of hydrogen-bond acceptors (Lipinski definition) is 4. The fraction of sp³-hybridized carbons (Fsp3) is 0.308. The van der Waals surface area contributed by atoms with Crippen molar-refractivity contribution >= 4 is 15.7 Å². The molecule has 0 aliphatic heterocycles. The number of nitrogens with zero attached hydrogens (tertiary/aromatic N) is 2. The molecule has 1 aromatic heterocycles. The van der Waals surface area contributed by atoms with Crippen molar-refractivity contribution in [3.63, 3.8) is 0 Å². The number of nitrogens with one attached hydrogen (secondary N) is 1. The highest BCUT2D eigenvalue weighted by Gasteiger charge is 2.20. The number of aromatic nitrogens is 2. The Kier molecular flexibility index (Phi) is 4.65. The van der Waals surface area contributed by atoms with Gasteiger partial charge in [-0.05, 0) is 31.5 Å². The lowest BCUT2D eigenvalue weighted by atomic mass is 10.2. The number of halogens is 2. The molecule has 6 nitrogen and oxygen atoms in total. The molecule has 0 saturated carbocycles. The van der Waals surface area contributed by atoms with Gasteiger partial charge in [0.05, 0.1) is 11.9 Å². The number of ether oxygens (including phenoxy) is 1. The molecular weight excluding hydrogens is 316 g/mol. The Morgan fingerprint density at radius 3 is 2.73 bits per heavy atom. The number of alkyl halides is 2. The zero-order chi connectivity index (χ0) is 16.3. The predicted molar refractivity (Wildman–Crippen MR) is 76.5 cm³/mol. The molecule has 0 radical (unpaired) electrons. The second kappa shape index (κ2) is 6.30. The van der Waals surface area contributed by atoms with Crippen molar-refractivity contribution in [1.29, 1.82) is 0 Å². The topological polar surface area (TPSA) is 73.2 Å². The van der Waals surface area contributed by atoms with Crippen molar-refractivity contribution in [2.24, 2.45) is 0 Å². The average molecular weight is 331 g/mol. The number of hydrogen-bond donors (Lipinski definition) is 1. The van der Waals surface area contributed by atoms with Gasteiger partial charge in [-0.3, -0.25) is 9.40 Å². The van der Waals surface area contributed by atoms with Gasteiger partial charge in [-0.2, -0.15) is 13.9 Å². The Balaban J connectivity index is 2.34. The Bertz CT molecular complexity index is 760. The molecule has 9 heteroatoms. The summed E-state index contributed by atoms with van der Waals surface area (Å²) in [6.45, 7) is 0.985. The predicted octanol–water partition coefficient (Wildman–Crippen LogP) is 2.61. The molecule has 120 valence electrons. The summed E-state index contributed by atoms with van der Waals surface area (Å²) < 4.78 is 57.4. The second-order valence-electron chi connectivity index (χ2n) is 4.52. The summed E-state index contributed by atoms with van der Waals surface area (Å²) in [4.78, 5) is -0.0566. The van der Waals surface area contributed by atoms with E-state index < -0.39 is 16.6 Å². The molecule has 0 aliphatic carbocycles. The van der Waals surface area contributed by atoms with E-state index in [1.807, 2.05) is 6.92 Å². The van der Waals surface area contributed by atoms with E-state index >= 15 is 0 Å². The van der Waals surface area contributed by atoms with Gasteiger partial charge in [0.15, 0.2) is 0 Å². The van der Waals surface area contributed by atoms with Crippen LogP contribution in [-0.2, 0) is 16.6 Å². The smallest absolute Gasteiger partial charge is 0.387 e. The normalized spacial score (nSPS) is 11.7. The van der Waals surface area contributed by atoms with E-state index in [0.717, 1.165) is 0 Å². The van der Waals surface area contributed by atoms with E-state index in [2.05, 4.69) is 14.6 Å². The largest absolute Gasteiger partial charge is 0.433 e. The number of sulfonamides is 1. The molecule has 0 fully saturated rings. The minimum absolute atomic E-state index is 0.0513. The van der Waals surface area contributed by atoms with Crippen LogP contribution < -0.4 is 9.46 Å². The van der Waals surface area contributed by atoms with Crippen LogP contribution in [0.15, 0.2) is 35.5 Å². The van der Waals surface area contributed by atoms with Crippen LogP contribution in [0, 0.1) is 6.92 Å². The van der Waals surface area contributed by atoms with Crippen LogP contribution in [0.4, 0.5) is 14.5 Å². The molecule has 0 spiro atoms. The molecule has 0 unspecified atom stereocenters. The van der Waals surface area contributed by atoms with Crippen molar-refractivity contribution in [3.05, 3.63) is 36.2 Å². The highest BCUT2D eigenvalue weighted by atomic mass is 32.2. The third kappa shape index (κ3) is 3.73. The van der Waals surface area contributed by atoms with Gasteiger partial charge < -0.3 is 4.74 Å². The lowest BCUT2D eigenvalue weighted by Gasteiger charge is -2.13. The van der Waals surface area contributed by atoms with Gasteiger partial charge in [0.2, 0.25) is 0 Å². The van der Waals surface area contributed by atoms with E-state index in [0.29, 0.717) is 12.1 Å². The molecule has 0 saturated heterocycles. The van der Waals surface area contributed by atoms with Crippen molar-refractivity contribution in [2.45, 2.75) is 31.9 Å². The molecule has 1 aromatic carbocycles. The van der Waals surface area contributed by atoms with Crippen LogP contribution in [0.3, 0.4) is 0 Å². The summed E-state index contributed by atoms with van der Waals surface area (Å²) in [6.07, 6.45) is 2.54. The van der Waals surface area contributed by atoms with Crippen molar-refractivity contribution in [1.82, 2.24) is 9.78 Å². The second-order valence-corrected chi connectivity index (χ2v) is 6.20.